The van der Waals surface area contributed by atoms with Gasteiger partial charge in [0.15, 0.2) is 0 Å². The molecular weight excluding hydrogens is 382 g/mol. The number of nitrogens with two attached hydrogens (primary N) is 1. The van der Waals surface area contributed by atoms with Crippen molar-refractivity contribution < 1.29 is 9.53 Å². The van der Waals surface area contributed by atoms with E-state index in [2.05, 4.69) is 41.9 Å². The summed E-state index contributed by atoms with van der Waals surface area (Å²) in [6, 6.07) is 8.50. The zero-order chi connectivity index (χ0) is 20.8. The van der Waals surface area contributed by atoms with Crippen LogP contribution in [0.5, 0.6) is 0 Å². The Morgan fingerprint density at radius 3 is 2.48 bits per heavy atom. The Morgan fingerprint density at radius 1 is 1.17 bits per heavy atom. The van der Waals surface area contributed by atoms with Crippen LogP contribution in [0.25, 0.3) is 0 Å². The Bertz CT molecular complexity index is 659. The van der Waals surface area contributed by atoms with Crippen LogP contribution in [-0.2, 0) is 16.1 Å². The van der Waals surface area contributed by atoms with Crippen molar-refractivity contribution in [2.24, 2.45) is 17.6 Å². The maximum Gasteiger partial charge on any atom is 0.239 e. The molecule has 5 nitrogen and oxygen atoms in total. The van der Waals surface area contributed by atoms with Crippen LogP contribution in [0.1, 0.15) is 50.5 Å². The lowest BCUT2D eigenvalue weighted by Crippen LogP contribution is -2.52. The van der Waals surface area contributed by atoms with Crippen LogP contribution in [0.3, 0.4) is 0 Å². The number of ether oxygens (including phenoxy) is 1. The minimum atomic E-state index is -0.337. The van der Waals surface area contributed by atoms with Gasteiger partial charge in [0, 0.05) is 38.6 Å². The maximum atomic E-state index is 12.7. The van der Waals surface area contributed by atoms with Gasteiger partial charge in [-0.05, 0) is 62.8 Å². The zero-order valence-corrected chi connectivity index (χ0v) is 19.0. The van der Waals surface area contributed by atoms with Crippen molar-refractivity contribution in [1.82, 2.24) is 4.90 Å². The second-order valence-corrected chi connectivity index (χ2v) is 9.58. The van der Waals surface area contributed by atoms with E-state index in [4.69, 9.17) is 10.5 Å². The molecule has 3 rings (SSSR count). The molecule has 0 saturated heterocycles. The Morgan fingerprint density at radius 2 is 1.86 bits per heavy atom. The van der Waals surface area contributed by atoms with Crippen LogP contribution < -0.4 is 10.0 Å². The normalized spacial score (nSPS) is 23.3. The van der Waals surface area contributed by atoms with Gasteiger partial charge in [-0.3, -0.25) is 4.79 Å². The van der Waals surface area contributed by atoms with Gasteiger partial charge in [0.25, 0.3) is 0 Å². The van der Waals surface area contributed by atoms with Crippen LogP contribution in [-0.4, -0.2) is 49.8 Å². The highest BCUT2D eigenvalue weighted by atomic mass is 32.2. The van der Waals surface area contributed by atoms with Crippen molar-refractivity contribution in [3.63, 3.8) is 0 Å². The number of nitrogens with zero attached hydrogens (tertiary/aromatic N) is 2. The minimum absolute atomic E-state index is 0.143. The lowest BCUT2D eigenvalue weighted by Gasteiger charge is -2.38. The molecule has 2 aliphatic carbocycles. The molecule has 1 aromatic carbocycles. The van der Waals surface area contributed by atoms with E-state index < -0.39 is 0 Å². The third-order valence-electron chi connectivity index (χ3n) is 6.87. The van der Waals surface area contributed by atoms with E-state index >= 15 is 0 Å². The summed E-state index contributed by atoms with van der Waals surface area (Å²) in [5, 5.41) is 0. The SMILES string of the molecule is CSN(C)c1ccccc1COCC1CCC([C@H](N)C(=O)N(C)C2CCC2)CC1. The number of carbonyl (C=O) groups excluding carboxylic acids is 1. The van der Waals surface area contributed by atoms with Gasteiger partial charge in [0.2, 0.25) is 5.91 Å². The van der Waals surface area contributed by atoms with E-state index in [1.165, 1.54) is 17.7 Å². The Labute approximate surface area is 180 Å². The predicted octanol–water partition coefficient (Wildman–Crippen LogP) is 4.06. The van der Waals surface area contributed by atoms with Gasteiger partial charge < -0.3 is 19.7 Å². The number of rotatable bonds is 9. The van der Waals surface area contributed by atoms with E-state index in [0.29, 0.717) is 24.5 Å². The van der Waals surface area contributed by atoms with E-state index in [1.54, 1.807) is 11.9 Å². The first kappa shape index (κ1) is 22.4. The van der Waals surface area contributed by atoms with Crippen molar-refractivity contribution in [1.29, 1.82) is 0 Å². The van der Waals surface area contributed by atoms with Gasteiger partial charge in [-0.15, -0.1) is 0 Å². The highest BCUT2D eigenvalue weighted by Crippen LogP contribution is 2.33. The molecule has 162 valence electrons. The van der Waals surface area contributed by atoms with Gasteiger partial charge in [-0.2, -0.15) is 0 Å². The molecule has 2 saturated carbocycles. The van der Waals surface area contributed by atoms with E-state index in [9.17, 15) is 4.79 Å². The molecule has 0 heterocycles. The molecule has 1 aromatic rings. The molecule has 0 aromatic heterocycles. The third kappa shape index (κ3) is 5.68. The summed E-state index contributed by atoms with van der Waals surface area (Å²) in [6.45, 7) is 1.43. The molecular formula is C23H37N3O2S. The molecule has 0 spiro atoms. The summed E-state index contributed by atoms with van der Waals surface area (Å²) < 4.78 is 8.26. The van der Waals surface area contributed by atoms with Crippen LogP contribution in [0, 0.1) is 11.8 Å². The Hall–Kier alpha value is -1.24. The topological polar surface area (TPSA) is 58.8 Å². The Kier molecular flexibility index (Phi) is 8.27. The standard InChI is InChI=1S/C23H37N3O2S/c1-25(20-8-6-9-20)23(27)22(24)18-13-11-17(12-14-18)15-28-16-19-7-4-5-10-21(19)26(2)29-3/h4-5,7,10,17-18,20,22H,6,8-9,11-16,24H2,1-3H3/t17?,18?,22-/m0/s1. The molecule has 0 aliphatic heterocycles. The fourth-order valence-corrected chi connectivity index (χ4v) is 4.85. The van der Waals surface area contributed by atoms with Crippen molar-refractivity contribution in [3.8, 4) is 0 Å². The van der Waals surface area contributed by atoms with Gasteiger partial charge in [-0.25, -0.2) is 0 Å². The van der Waals surface area contributed by atoms with Crippen molar-refractivity contribution in [3.05, 3.63) is 29.8 Å². The summed E-state index contributed by atoms with van der Waals surface area (Å²) in [5.41, 5.74) is 8.80. The number of hydrogen-bond donors (Lipinski definition) is 1. The number of amides is 1. The molecule has 0 bridgehead atoms. The fourth-order valence-electron chi connectivity index (χ4n) is 4.48. The quantitative estimate of drug-likeness (QED) is 0.612. The minimum Gasteiger partial charge on any atom is -0.376 e. The van der Waals surface area contributed by atoms with Crippen LogP contribution in [0.4, 0.5) is 5.69 Å². The van der Waals surface area contributed by atoms with Crippen LogP contribution in [0.15, 0.2) is 24.3 Å². The number of likely N-dealkylation sites (N-methyl/N-ethyl adjacent to an activating group) is 1. The third-order valence-corrected chi connectivity index (χ3v) is 7.61. The lowest BCUT2D eigenvalue weighted by molar-refractivity contribution is -0.136. The first-order chi connectivity index (χ1) is 14.0. The summed E-state index contributed by atoms with van der Waals surface area (Å²) in [5.74, 6) is 1.03. The number of para-hydroxylation sites is 1. The van der Waals surface area contributed by atoms with E-state index in [1.807, 2.05) is 11.9 Å². The maximum absolute atomic E-state index is 12.7. The highest BCUT2D eigenvalue weighted by Gasteiger charge is 2.34. The zero-order valence-electron chi connectivity index (χ0n) is 18.2. The van der Waals surface area contributed by atoms with Crippen LogP contribution in [0.2, 0.25) is 0 Å². The molecule has 2 N–H and O–H groups in total. The lowest BCUT2D eigenvalue weighted by atomic mass is 9.78. The van der Waals surface area contributed by atoms with Gasteiger partial charge in [-0.1, -0.05) is 30.1 Å². The second kappa shape index (κ2) is 10.7. The fraction of sp³-hybridized carbons (Fsp3) is 0.696. The van der Waals surface area contributed by atoms with Crippen molar-refractivity contribution in [2.45, 2.75) is 63.6 Å². The molecule has 1 atom stereocenters. The molecule has 0 unspecified atom stereocenters. The molecule has 1 amide bonds. The first-order valence-corrected chi connectivity index (χ1v) is 12.1. The average molecular weight is 420 g/mol. The van der Waals surface area contributed by atoms with Gasteiger partial charge >= 0.3 is 0 Å². The van der Waals surface area contributed by atoms with E-state index in [0.717, 1.165) is 45.1 Å². The second-order valence-electron chi connectivity index (χ2n) is 8.66. The summed E-state index contributed by atoms with van der Waals surface area (Å²) in [6.07, 6.45) is 9.85. The Balaban J connectivity index is 1.41. The molecule has 29 heavy (non-hydrogen) atoms. The van der Waals surface area contributed by atoms with Crippen molar-refractivity contribution in [2.75, 3.05) is 31.3 Å². The van der Waals surface area contributed by atoms with Crippen LogP contribution >= 0.6 is 11.9 Å². The number of carbonyl (C=O) groups is 1. The number of benzene rings is 1. The summed E-state index contributed by atoms with van der Waals surface area (Å²) in [7, 11) is 4.01. The monoisotopic (exact) mass is 419 g/mol. The number of anilines is 1. The molecule has 6 heteroatoms. The molecule has 2 fully saturated rings. The van der Waals surface area contributed by atoms with Gasteiger partial charge in [0.05, 0.1) is 18.3 Å². The highest BCUT2D eigenvalue weighted by molar-refractivity contribution is 7.99. The number of hydrogen-bond acceptors (Lipinski definition) is 5. The summed E-state index contributed by atoms with van der Waals surface area (Å²) in [4.78, 5) is 14.6. The van der Waals surface area contributed by atoms with Gasteiger partial charge in [0.1, 0.15) is 0 Å². The first-order valence-electron chi connectivity index (χ1n) is 11.0. The molecule has 2 aliphatic rings. The predicted molar refractivity (Wildman–Crippen MR) is 122 cm³/mol. The smallest absolute Gasteiger partial charge is 0.239 e. The van der Waals surface area contributed by atoms with Crippen molar-refractivity contribution >= 4 is 23.5 Å². The average Bonchev–Trinajstić information content (AvgIpc) is 2.71. The van der Waals surface area contributed by atoms with E-state index in [-0.39, 0.29) is 11.9 Å². The largest absolute Gasteiger partial charge is 0.376 e. The molecule has 0 radical (unpaired) electrons. The summed E-state index contributed by atoms with van der Waals surface area (Å²) >= 11 is 1.70.